The minimum Gasteiger partial charge on any atom is -0.381 e. The molecule has 2 aromatic carbocycles. The van der Waals surface area contributed by atoms with Crippen molar-refractivity contribution in [2.24, 2.45) is 0 Å². The summed E-state index contributed by atoms with van der Waals surface area (Å²) in [5.74, 6) is 0. The number of benzene rings is 2. The molecule has 0 atom stereocenters. The van der Waals surface area contributed by atoms with Crippen molar-refractivity contribution in [2.75, 3.05) is 5.32 Å². The molecule has 3 heteroatoms. The number of rotatable bonds is 4. The Balaban J connectivity index is 1.70. The van der Waals surface area contributed by atoms with Crippen molar-refractivity contribution in [2.45, 2.75) is 20.4 Å². The van der Waals surface area contributed by atoms with Crippen molar-refractivity contribution < 1.29 is 0 Å². The molecule has 3 aromatic rings. The monoisotopic (exact) mass is 277 g/mol. The van der Waals surface area contributed by atoms with E-state index in [9.17, 15) is 0 Å². The molecule has 0 radical (unpaired) electrons. The number of anilines is 1. The van der Waals surface area contributed by atoms with Crippen molar-refractivity contribution in [3.8, 4) is 5.69 Å². The average molecular weight is 277 g/mol. The first-order valence-corrected chi connectivity index (χ1v) is 7.13. The van der Waals surface area contributed by atoms with Gasteiger partial charge in [-0.3, -0.25) is 0 Å². The summed E-state index contributed by atoms with van der Waals surface area (Å²) in [6.07, 6.45) is 3.73. The van der Waals surface area contributed by atoms with E-state index in [1.165, 1.54) is 16.7 Å². The molecular weight excluding hydrogens is 258 g/mol. The first-order chi connectivity index (χ1) is 10.2. The van der Waals surface area contributed by atoms with E-state index < -0.39 is 0 Å². The molecule has 0 amide bonds. The molecule has 1 aromatic heterocycles. The first-order valence-electron chi connectivity index (χ1n) is 7.13. The van der Waals surface area contributed by atoms with Gasteiger partial charge in [0, 0.05) is 24.6 Å². The van der Waals surface area contributed by atoms with Crippen LogP contribution in [0.15, 0.2) is 60.9 Å². The lowest BCUT2D eigenvalue weighted by Gasteiger charge is -2.11. The summed E-state index contributed by atoms with van der Waals surface area (Å²) >= 11 is 0. The van der Waals surface area contributed by atoms with E-state index in [1.54, 1.807) is 6.20 Å². The molecule has 1 N–H and O–H groups in total. The van der Waals surface area contributed by atoms with E-state index >= 15 is 0 Å². The summed E-state index contributed by atoms with van der Waals surface area (Å²) < 4.78 is 1.86. The van der Waals surface area contributed by atoms with Gasteiger partial charge in [0.05, 0.1) is 5.69 Å². The van der Waals surface area contributed by atoms with Crippen LogP contribution in [-0.2, 0) is 6.54 Å². The topological polar surface area (TPSA) is 29.9 Å². The fourth-order valence-electron chi connectivity index (χ4n) is 2.35. The van der Waals surface area contributed by atoms with Crippen molar-refractivity contribution in [1.29, 1.82) is 0 Å². The summed E-state index contributed by atoms with van der Waals surface area (Å²) in [6.45, 7) is 5.17. The molecule has 0 aliphatic rings. The average Bonchev–Trinajstić information content (AvgIpc) is 3.04. The molecule has 3 rings (SSSR count). The highest BCUT2D eigenvalue weighted by atomic mass is 15.3. The van der Waals surface area contributed by atoms with Crippen molar-refractivity contribution in [1.82, 2.24) is 9.78 Å². The molecule has 3 nitrogen and oxygen atoms in total. The molecule has 0 spiro atoms. The van der Waals surface area contributed by atoms with Crippen LogP contribution in [0.4, 0.5) is 5.69 Å². The van der Waals surface area contributed by atoms with Gasteiger partial charge in [0.2, 0.25) is 0 Å². The van der Waals surface area contributed by atoms with Gasteiger partial charge in [0.25, 0.3) is 0 Å². The van der Waals surface area contributed by atoms with Crippen molar-refractivity contribution >= 4 is 5.69 Å². The normalized spacial score (nSPS) is 10.6. The molecule has 0 aliphatic carbocycles. The Kier molecular flexibility index (Phi) is 3.73. The largest absolute Gasteiger partial charge is 0.381 e. The van der Waals surface area contributed by atoms with Crippen LogP contribution in [0.5, 0.6) is 0 Å². The van der Waals surface area contributed by atoms with Crippen molar-refractivity contribution in [3.05, 3.63) is 77.6 Å². The number of nitrogens with one attached hydrogen (secondary N) is 1. The minimum atomic E-state index is 0.842. The van der Waals surface area contributed by atoms with Crippen LogP contribution in [0.25, 0.3) is 5.69 Å². The summed E-state index contributed by atoms with van der Waals surface area (Å²) in [6, 6.07) is 16.7. The lowest BCUT2D eigenvalue weighted by molar-refractivity contribution is 0.880. The maximum Gasteiger partial charge on any atom is 0.0647 e. The van der Waals surface area contributed by atoms with Crippen LogP contribution < -0.4 is 5.32 Å². The lowest BCUT2D eigenvalue weighted by atomic mass is 10.0. The fourth-order valence-corrected chi connectivity index (χ4v) is 2.35. The molecule has 1 heterocycles. The third-order valence-corrected chi connectivity index (χ3v) is 3.84. The lowest BCUT2D eigenvalue weighted by Crippen LogP contribution is -2.02. The maximum absolute atomic E-state index is 4.23. The summed E-state index contributed by atoms with van der Waals surface area (Å²) in [4.78, 5) is 0. The zero-order valence-corrected chi connectivity index (χ0v) is 12.4. The fraction of sp³-hybridized carbons (Fsp3) is 0.167. The molecule has 0 fully saturated rings. The maximum atomic E-state index is 4.23. The third-order valence-electron chi connectivity index (χ3n) is 3.84. The van der Waals surface area contributed by atoms with E-state index in [1.807, 2.05) is 16.9 Å². The van der Waals surface area contributed by atoms with Gasteiger partial charge in [0.1, 0.15) is 0 Å². The Morgan fingerprint density at radius 1 is 1.00 bits per heavy atom. The number of hydrogen-bond donors (Lipinski definition) is 1. The van der Waals surface area contributed by atoms with Crippen molar-refractivity contribution in [3.63, 3.8) is 0 Å². The Morgan fingerprint density at radius 3 is 2.52 bits per heavy atom. The molecule has 0 aliphatic heterocycles. The molecule has 0 saturated carbocycles. The predicted molar refractivity (Wildman–Crippen MR) is 86.8 cm³/mol. The highest BCUT2D eigenvalue weighted by Gasteiger charge is 2.01. The van der Waals surface area contributed by atoms with Crippen LogP contribution in [-0.4, -0.2) is 9.78 Å². The number of hydrogen-bond acceptors (Lipinski definition) is 2. The second-order valence-corrected chi connectivity index (χ2v) is 5.21. The second kappa shape index (κ2) is 5.83. The van der Waals surface area contributed by atoms with E-state index in [0.29, 0.717) is 0 Å². The van der Waals surface area contributed by atoms with Crippen LogP contribution in [0.3, 0.4) is 0 Å². The SMILES string of the molecule is Cc1cccc(CNc2ccc(-n3cccn3)cc2)c1C. The Labute approximate surface area is 125 Å². The molecule has 21 heavy (non-hydrogen) atoms. The van der Waals surface area contributed by atoms with E-state index in [0.717, 1.165) is 17.9 Å². The Hall–Kier alpha value is -2.55. The summed E-state index contributed by atoms with van der Waals surface area (Å²) in [7, 11) is 0. The van der Waals surface area contributed by atoms with Gasteiger partial charge in [-0.1, -0.05) is 18.2 Å². The van der Waals surface area contributed by atoms with E-state index in [-0.39, 0.29) is 0 Å². The van der Waals surface area contributed by atoms with Crippen LogP contribution in [0.1, 0.15) is 16.7 Å². The molecule has 106 valence electrons. The molecule has 0 saturated heterocycles. The Bertz CT molecular complexity index is 713. The second-order valence-electron chi connectivity index (χ2n) is 5.21. The predicted octanol–water partition coefficient (Wildman–Crippen LogP) is 4.10. The van der Waals surface area contributed by atoms with Crippen LogP contribution >= 0.6 is 0 Å². The highest BCUT2D eigenvalue weighted by Crippen LogP contribution is 2.16. The minimum absolute atomic E-state index is 0.842. The van der Waals surface area contributed by atoms with Gasteiger partial charge >= 0.3 is 0 Å². The standard InChI is InChI=1S/C18H19N3/c1-14-5-3-6-16(15(14)2)13-19-17-7-9-18(10-8-17)21-12-4-11-20-21/h3-12,19H,13H2,1-2H3. The van der Waals surface area contributed by atoms with Gasteiger partial charge in [-0.05, 0) is 60.9 Å². The molecular formula is C18H19N3. The van der Waals surface area contributed by atoms with Gasteiger partial charge in [0.15, 0.2) is 0 Å². The highest BCUT2D eigenvalue weighted by molar-refractivity contribution is 5.49. The van der Waals surface area contributed by atoms with Crippen LogP contribution in [0.2, 0.25) is 0 Å². The van der Waals surface area contributed by atoms with Gasteiger partial charge < -0.3 is 5.32 Å². The van der Waals surface area contributed by atoms with Gasteiger partial charge in [-0.2, -0.15) is 5.10 Å². The van der Waals surface area contributed by atoms with Crippen LogP contribution in [0, 0.1) is 13.8 Å². The van der Waals surface area contributed by atoms with E-state index in [2.05, 4.69) is 66.7 Å². The zero-order chi connectivity index (χ0) is 14.7. The van der Waals surface area contributed by atoms with Gasteiger partial charge in [-0.15, -0.1) is 0 Å². The molecule has 0 bridgehead atoms. The smallest absolute Gasteiger partial charge is 0.0647 e. The Morgan fingerprint density at radius 2 is 1.81 bits per heavy atom. The zero-order valence-electron chi connectivity index (χ0n) is 12.4. The van der Waals surface area contributed by atoms with E-state index in [4.69, 9.17) is 0 Å². The number of nitrogens with zero attached hydrogens (tertiary/aromatic N) is 2. The number of aryl methyl sites for hydroxylation is 1. The summed E-state index contributed by atoms with van der Waals surface area (Å²) in [5, 5.41) is 7.70. The summed E-state index contributed by atoms with van der Waals surface area (Å²) in [5.41, 5.74) is 6.22. The third kappa shape index (κ3) is 2.97. The first kappa shape index (κ1) is 13.4. The van der Waals surface area contributed by atoms with Gasteiger partial charge in [-0.25, -0.2) is 4.68 Å². The quantitative estimate of drug-likeness (QED) is 0.778. The number of aromatic nitrogens is 2. The molecule has 0 unspecified atom stereocenters.